The van der Waals surface area contributed by atoms with Crippen LogP contribution >= 0.6 is 34.3 Å². The minimum absolute atomic E-state index is 0.316. The van der Waals surface area contributed by atoms with E-state index in [0.717, 1.165) is 4.70 Å². The molecule has 2 heterocycles. The fraction of sp³-hybridized carbons (Fsp3) is 0.0833. The summed E-state index contributed by atoms with van der Waals surface area (Å²) in [6, 6.07) is 3.62. The van der Waals surface area contributed by atoms with Gasteiger partial charge >= 0.3 is 0 Å². The maximum atomic E-state index is 12.2. The van der Waals surface area contributed by atoms with Gasteiger partial charge < -0.3 is 11.1 Å². The standard InChI is InChI=1S/C12H9ClN4OS2/c13-6-1-2-8-11(15-5-20-8)10(6)17-12(18)7-4-19-9(3-14)16-7/h1-2,4-5H,3,14H2,(H,17,18). The molecule has 3 N–H and O–H groups in total. The molecule has 8 heteroatoms. The summed E-state index contributed by atoms with van der Waals surface area (Å²) >= 11 is 8.98. The highest BCUT2D eigenvalue weighted by Gasteiger charge is 2.15. The Balaban J connectivity index is 1.94. The predicted molar refractivity (Wildman–Crippen MR) is 82.6 cm³/mol. The second-order valence-corrected chi connectivity index (χ2v) is 6.14. The van der Waals surface area contributed by atoms with Crippen molar-refractivity contribution >= 4 is 56.1 Å². The van der Waals surface area contributed by atoms with Crippen molar-refractivity contribution in [3.8, 4) is 0 Å². The van der Waals surface area contributed by atoms with E-state index in [1.807, 2.05) is 6.07 Å². The fourth-order valence-corrected chi connectivity index (χ4v) is 3.25. The Labute approximate surface area is 127 Å². The molecule has 1 amide bonds. The van der Waals surface area contributed by atoms with Crippen LogP contribution in [-0.2, 0) is 6.54 Å². The van der Waals surface area contributed by atoms with Crippen molar-refractivity contribution in [3.63, 3.8) is 0 Å². The quantitative estimate of drug-likeness (QED) is 0.775. The number of hydrogen-bond donors (Lipinski definition) is 2. The van der Waals surface area contributed by atoms with Gasteiger partial charge in [0.25, 0.3) is 5.91 Å². The first-order valence-electron chi connectivity index (χ1n) is 5.66. The number of hydrogen-bond acceptors (Lipinski definition) is 6. The number of amides is 1. The monoisotopic (exact) mass is 324 g/mol. The lowest BCUT2D eigenvalue weighted by molar-refractivity contribution is 0.102. The number of benzene rings is 1. The van der Waals surface area contributed by atoms with Gasteiger partial charge in [-0.1, -0.05) is 11.6 Å². The van der Waals surface area contributed by atoms with Gasteiger partial charge in [-0.25, -0.2) is 9.97 Å². The first-order valence-corrected chi connectivity index (χ1v) is 7.80. The maximum absolute atomic E-state index is 12.2. The van der Waals surface area contributed by atoms with Crippen LogP contribution in [0.3, 0.4) is 0 Å². The molecule has 0 aliphatic carbocycles. The third kappa shape index (κ3) is 2.40. The van der Waals surface area contributed by atoms with Gasteiger partial charge in [0.15, 0.2) is 0 Å². The number of carbonyl (C=O) groups is 1. The molecular weight excluding hydrogens is 316 g/mol. The molecule has 102 valence electrons. The van der Waals surface area contributed by atoms with Crippen molar-refractivity contribution < 1.29 is 4.79 Å². The van der Waals surface area contributed by atoms with Gasteiger partial charge in [0, 0.05) is 11.9 Å². The Morgan fingerprint density at radius 1 is 1.40 bits per heavy atom. The minimum atomic E-state index is -0.316. The largest absolute Gasteiger partial charge is 0.325 e. The number of nitrogens with zero attached hydrogens (tertiary/aromatic N) is 2. The fourth-order valence-electron chi connectivity index (χ4n) is 1.71. The zero-order valence-electron chi connectivity index (χ0n) is 10.1. The lowest BCUT2D eigenvalue weighted by atomic mass is 10.2. The number of aromatic nitrogens is 2. The van der Waals surface area contributed by atoms with E-state index >= 15 is 0 Å². The second-order valence-electron chi connectivity index (χ2n) is 3.91. The Morgan fingerprint density at radius 3 is 3.00 bits per heavy atom. The van der Waals surface area contributed by atoms with E-state index in [0.29, 0.717) is 33.5 Å². The van der Waals surface area contributed by atoms with Crippen molar-refractivity contribution in [1.29, 1.82) is 0 Å². The van der Waals surface area contributed by atoms with E-state index in [1.165, 1.54) is 22.7 Å². The van der Waals surface area contributed by atoms with Crippen LogP contribution in [0, 0.1) is 0 Å². The van der Waals surface area contributed by atoms with E-state index < -0.39 is 0 Å². The van der Waals surface area contributed by atoms with E-state index in [1.54, 1.807) is 17.0 Å². The van der Waals surface area contributed by atoms with Crippen molar-refractivity contribution in [2.75, 3.05) is 5.32 Å². The minimum Gasteiger partial charge on any atom is -0.325 e. The van der Waals surface area contributed by atoms with Crippen LogP contribution in [0.5, 0.6) is 0 Å². The van der Waals surface area contributed by atoms with Crippen LogP contribution in [0.4, 0.5) is 5.69 Å². The topological polar surface area (TPSA) is 80.9 Å². The van der Waals surface area contributed by atoms with Gasteiger partial charge in [0.05, 0.1) is 20.9 Å². The molecular formula is C12H9ClN4OS2. The van der Waals surface area contributed by atoms with Gasteiger partial charge in [-0.3, -0.25) is 4.79 Å². The summed E-state index contributed by atoms with van der Waals surface area (Å²) in [4.78, 5) is 20.5. The van der Waals surface area contributed by atoms with Crippen LogP contribution in [0.15, 0.2) is 23.0 Å². The highest BCUT2D eigenvalue weighted by atomic mass is 35.5. The van der Waals surface area contributed by atoms with Gasteiger partial charge in [0.2, 0.25) is 0 Å². The number of halogens is 1. The van der Waals surface area contributed by atoms with Gasteiger partial charge in [-0.15, -0.1) is 22.7 Å². The van der Waals surface area contributed by atoms with E-state index in [-0.39, 0.29) is 5.91 Å². The molecule has 20 heavy (non-hydrogen) atoms. The zero-order chi connectivity index (χ0) is 14.1. The van der Waals surface area contributed by atoms with Crippen LogP contribution in [0.1, 0.15) is 15.5 Å². The van der Waals surface area contributed by atoms with E-state index in [4.69, 9.17) is 17.3 Å². The lowest BCUT2D eigenvalue weighted by Crippen LogP contribution is -2.13. The summed E-state index contributed by atoms with van der Waals surface area (Å²) in [5.41, 5.74) is 8.73. The number of nitrogens with two attached hydrogens (primary N) is 1. The molecule has 0 radical (unpaired) electrons. The number of nitrogens with one attached hydrogen (secondary N) is 1. The first-order chi connectivity index (χ1) is 9.69. The molecule has 0 spiro atoms. The molecule has 0 saturated carbocycles. The molecule has 0 aliphatic rings. The summed E-state index contributed by atoms with van der Waals surface area (Å²) in [7, 11) is 0. The number of carbonyl (C=O) groups excluding carboxylic acids is 1. The van der Waals surface area contributed by atoms with Crippen molar-refractivity contribution in [2.45, 2.75) is 6.54 Å². The second kappa shape index (κ2) is 5.45. The third-order valence-corrected chi connectivity index (χ3v) is 4.63. The molecule has 2 aromatic heterocycles. The summed E-state index contributed by atoms with van der Waals surface area (Å²) < 4.78 is 0.964. The summed E-state index contributed by atoms with van der Waals surface area (Å²) in [5, 5.41) is 5.61. The molecule has 3 rings (SSSR count). The highest BCUT2D eigenvalue weighted by molar-refractivity contribution is 7.16. The number of thiazole rings is 2. The number of fused-ring (bicyclic) bond motifs is 1. The molecule has 0 saturated heterocycles. The van der Waals surface area contributed by atoms with Crippen molar-refractivity contribution in [3.05, 3.63) is 38.7 Å². The Hall–Kier alpha value is -1.54. The molecule has 0 bridgehead atoms. The van der Waals surface area contributed by atoms with Crippen LogP contribution in [-0.4, -0.2) is 15.9 Å². The van der Waals surface area contributed by atoms with E-state index in [2.05, 4.69) is 15.3 Å². The van der Waals surface area contributed by atoms with Crippen molar-refractivity contribution in [1.82, 2.24) is 9.97 Å². The normalized spacial score (nSPS) is 10.9. The molecule has 0 aliphatic heterocycles. The molecule has 0 atom stereocenters. The maximum Gasteiger partial charge on any atom is 0.275 e. The zero-order valence-corrected chi connectivity index (χ0v) is 12.5. The lowest BCUT2D eigenvalue weighted by Gasteiger charge is -2.06. The van der Waals surface area contributed by atoms with Gasteiger partial charge in [-0.2, -0.15) is 0 Å². The summed E-state index contributed by atoms with van der Waals surface area (Å²) in [6.07, 6.45) is 0. The summed E-state index contributed by atoms with van der Waals surface area (Å²) in [5.74, 6) is -0.316. The molecule has 0 fully saturated rings. The van der Waals surface area contributed by atoms with Crippen LogP contribution < -0.4 is 11.1 Å². The SMILES string of the molecule is NCc1nc(C(=O)Nc2c(Cl)ccc3scnc23)cs1. The summed E-state index contributed by atoms with van der Waals surface area (Å²) in [6.45, 7) is 0.320. The molecule has 5 nitrogen and oxygen atoms in total. The van der Waals surface area contributed by atoms with Crippen LogP contribution in [0.2, 0.25) is 5.02 Å². The van der Waals surface area contributed by atoms with Gasteiger partial charge in [-0.05, 0) is 12.1 Å². The Bertz CT molecular complexity index is 783. The third-order valence-electron chi connectivity index (χ3n) is 2.65. The van der Waals surface area contributed by atoms with Gasteiger partial charge in [0.1, 0.15) is 16.2 Å². The molecule has 1 aromatic carbocycles. The van der Waals surface area contributed by atoms with Crippen LogP contribution in [0.25, 0.3) is 10.2 Å². The highest BCUT2D eigenvalue weighted by Crippen LogP contribution is 2.32. The van der Waals surface area contributed by atoms with E-state index in [9.17, 15) is 4.79 Å². The number of rotatable bonds is 3. The average molecular weight is 325 g/mol. The Kier molecular flexibility index (Phi) is 3.66. The Morgan fingerprint density at radius 2 is 2.25 bits per heavy atom. The van der Waals surface area contributed by atoms with Crippen molar-refractivity contribution in [2.24, 2.45) is 5.73 Å². The molecule has 3 aromatic rings. The number of anilines is 1. The smallest absolute Gasteiger partial charge is 0.275 e. The average Bonchev–Trinajstić information content (AvgIpc) is 3.09. The molecule has 0 unspecified atom stereocenters. The first kappa shape index (κ1) is 13.4. The predicted octanol–water partition coefficient (Wildman–Crippen LogP) is 3.12.